The van der Waals surface area contributed by atoms with Gasteiger partial charge < -0.3 is 15.0 Å². The van der Waals surface area contributed by atoms with E-state index < -0.39 is 27.9 Å². The van der Waals surface area contributed by atoms with Gasteiger partial charge in [0.1, 0.15) is 17.6 Å². The minimum atomic E-state index is -4.15. The van der Waals surface area contributed by atoms with Crippen LogP contribution in [0.2, 0.25) is 0 Å². The Morgan fingerprint density at radius 3 is 2.29 bits per heavy atom. The highest BCUT2D eigenvalue weighted by atomic mass is 35.5. The minimum absolute atomic E-state index is 0.0221. The number of ether oxygens (including phenoxy) is 1. The number of hydrogen-bond donors (Lipinski definition) is 1. The number of halogens is 1. The first-order valence-electron chi connectivity index (χ1n) is 13.8. The molecule has 0 bridgehead atoms. The van der Waals surface area contributed by atoms with E-state index in [1.165, 1.54) is 24.1 Å². The van der Waals surface area contributed by atoms with Gasteiger partial charge in [0.15, 0.2) is 0 Å². The number of anilines is 1. The second-order valence-electron chi connectivity index (χ2n) is 9.14. The fraction of sp³-hybridized carbons (Fsp3) is 0.312. The maximum Gasteiger partial charge on any atom is 0.255 e. The number of carbonyl (C=O) groups excluding carboxylic acids is 2. The monoisotopic (exact) mass is 613 g/mol. The van der Waals surface area contributed by atoms with Crippen molar-refractivity contribution in [3.63, 3.8) is 0 Å². The van der Waals surface area contributed by atoms with Crippen LogP contribution < -0.4 is 15.0 Å². The zero-order valence-corrected chi connectivity index (χ0v) is 26.6. The summed E-state index contributed by atoms with van der Waals surface area (Å²) in [5.74, 6) is 0.0156. The molecule has 1 atom stereocenters. The van der Waals surface area contributed by atoms with Crippen LogP contribution in [-0.4, -0.2) is 51.2 Å². The van der Waals surface area contributed by atoms with Gasteiger partial charge in [0, 0.05) is 43.4 Å². The average Bonchev–Trinajstić information content (AvgIpc) is 3.02. The van der Waals surface area contributed by atoms with Crippen LogP contribution in [-0.2, 0) is 19.6 Å². The first-order valence-corrected chi connectivity index (χ1v) is 15.6. The highest BCUT2D eigenvalue weighted by molar-refractivity contribution is 7.89. The maximum absolute atomic E-state index is 13.8. The quantitative estimate of drug-likeness (QED) is 0.255. The summed E-state index contributed by atoms with van der Waals surface area (Å²) >= 11 is 6.12. The Kier molecular flexibility index (Phi) is 13.2. The summed E-state index contributed by atoms with van der Waals surface area (Å²) in [6.07, 6.45) is 5.93. The Hall–Kier alpha value is -3.66. The summed E-state index contributed by atoms with van der Waals surface area (Å²) in [6, 6.07) is 13.6. The summed E-state index contributed by atoms with van der Waals surface area (Å²) in [7, 11) is -1.15. The van der Waals surface area contributed by atoms with Crippen molar-refractivity contribution in [2.75, 3.05) is 25.5 Å². The van der Waals surface area contributed by atoms with Crippen LogP contribution in [0.25, 0.3) is 0 Å². The lowest BCUT2D eigenvalue weighted by Gasteiger charge is -2.35. The molecule has 42 heavy (non-hydrogen) atoms. The highest BCUT2D eigenvalue weighted by Crippen LogP contribution is 2.30. The number of rotatable bonds is 10. The van der Waals surface area contributed by atoms with Gasteiger partial charge in [-0.2, -0.15) is 4.31 Å². The third-order valence-corrected chi connectivity index (χ3v) is 8.66. The maximum atomic E-state index is 13.8. The van der Waals surface area contributed by atoms with Crippen molar-refractivity contribution in [3.05, 3.63) is 101 Å². The topological polar surface area (TPSA) is 96.0 Å². The number of benzene rings is 2. The van der Waals surface area contributed by atoms with E-state index in [-0.39, 0.29) is 23.4 Å². The fourth-order valence-corrected chi connectivity index (χ4v) is 5.72. The molecule has 10 heteroatoms. The number of carbonyl (C=O) groups is 2. The fourth-order valence-electron chi connectivity index (χ4n) is 4.08. The van der Waals surface area contributed by atoms with Crippen molar-refractivity contribution in [3.8, 4) is 5.75 Å². The lowest BCUT2D eigenvalue weighted by molar-refractivity contribution is -0.125. The van der Waals surface area contributed by atoms with Crippen molar-refractivity contribution in [1.29, 1.82) is 0 Å². The van der Waals surface area contributed by atoms with Gasteiger partial charge in [-0.3, -0.25) is 9.59 Å². The van der Waals surface area contributed by atoms with Crippen molar-refractivity contribution in [2.45, 2.75) is 51.5 Å². The minimum Gasteiger partial charge on any atom is -0.462 e. The first-order chi connectivity index (χ1) is 20.0. The second-order valence-corrected chi connectivity index (χ2v) is 11.4. The molecule has 1 N–H and O–H groups in total. The van der Waals surface area contributed by atoms with E-state index in [1.807, 2.05) is 26.8 Å². The Morgan fingerprint density at radius 2 is 1.74 bits per heavy atom. The summed E-state index contributed by atoms with van der Waals surface area (Å²) in [5.41, 5.74) is 1.44. The van der Waals surface area contributed by atoms with E-state index in [4.69, 9.17) is 16.3 Å². The van der Waals surface area contributed by atoms with Crippen LogP contribution in [0.5, 0.6) is 5.75 Å². The van der Waals surface area contributed by atoms with Gasteiger partial charge in [-0.15, -0.1) is 0 Å². The van der Waals surface area contributed by atoms with E-state index in [1.54, 1.807) is 68.6 Å². The summed E-state index contributed by atoms with van der Waals surface area (Å²) in [5, 5.41) is 3.02. The van der Waals surface area contributed by atoms with Crippen molar-refractivity contribution in [1.82, 2.24) is 9.62 Å². The largest absolute Gasteiger partial charge is 0.462 e. The molecule has 0 spiro atoms. The van der Waals surface area contributed by atoms with Gasteiger partial charge in [0.05, 0.1) is 4.90 Å². The molecule has 1 aliphatic heterocycles. The number of nitrogens with one attached hydrogen (secondary N) is 1. The van der Waals surface area contributed by atoms with Gasteiger partial charge in [0.25, 0.3) is 5.91 Å². The van der Waals surface area contributed by atoms with E-state index in [0.717, 1.165) is 9.88 Å². The SMILES string of the molecule is C=C(C)/C(Cl)=C\C=C(/CC)Oc1ccc(S(=O)(=O)N2CCC=C(C(=O)N(C)c3ccccc3)C2C(=O)NC)cc1.CC. The number of sulfonamides is 1. The van der Waals surface area contributed by atoms with Gasteiger partial charge in [-0.05, 0) is 67.5 Å². The summed E-state index contributed by atoms with van der Waals surface area (Å²) in [4.78, 5) is 27.9. The molecule has 3 rings (SSSR count). The zero-order chi connectivity index (χ0) is 31.4. The number of para-hydroxylation sites is 1. The summed E-state index contributed by atoms with van der Waals surface area (Å²) in [6.45, 7) is 11.6. The van der Waals surface area contributed by atoms with Crippen molar-refractivity contribution < 1.29 is 22.7 Å². The van der Waals surface area contributed by atoms with Gasteiger partial charge in [-0.1, -0.05) is 63.2 Å². The lowest BCUT2D eigenvalue weighted by Crippen LogP contribution is -2.54. The van der Waals surface area contributed by atoms with E-state index in [0.29, 0.717) is 28.6 Å². The van der Waals surface area contributed by atoms with Crippen LogP contribution in [0.3, 0.4) is 0 Å². The molecular formula is C32H40ClN3O5S. The van der Waals surface area contributed by atoms with Gasteiger partial charge >= 0.3 is 0 Å². The second kappa shape index (κ2) is 16.1. The summed E-state index contributed by atoms with van der Waals surface area (Å²) < 4.78 is 34.5. The van der Waals surface area contributed by atoms with Crippen LogP contribution in [0, 0.1) is 0 Å². The smallest absolute Gasteiger partial charge is 0.255 e. The number of amides is 2. The molecule has 0 aliphatic carbocycles. The van der Waals surface area contributed by atoms with Crippen LogP contribution in [0.1, 0.15) is 40.5 Å². The van der Waals surface area contributed by atoms with Crippen LogP contribution in [0.15, 0.2) is 106 Å². The third-order valence-electron chi connectivity index (χ3n) is 6.34. The predicted molar refractivity (Wildman–Crippen MR) is 170 cm³/mol. The van der Waals surface area contributed by atoms with E-state index in [2.05, 4.69) is 11.9 Å². The number of nitrogens with zero attached hydrogens (tertiary/aromatic N) is 2. The molecule has 0 aromatic heterocycles. The molecule has 1 heterocycles. The molecule has 0 radical (unpaired) electrons. The van der Waals surface area contributed by atoms with E-state index >= 15 is 0 Å². The van der Waals surface area contributed by atoms with E-state index in [9.17, 15) is 18.0 Å². The Balaban J connectivity index is 0.00000301. The Labute approximate surface area is 255 Å². The molecule has 2 aromatic carbocycles. The number of allylic oxidation sites excluding steroid dienone is 5. The molecule has 1 aliphatic rings. The molecule has 8 nitrogen and oxygen atoms in total. The van der Waals surface area contributed by atoms with Crippen molar-refractivity contribution >= 4 is 39.1 Å². The first kappa shape index (κ1) is 34.5. The molecule has 0 fully saturated rings. The molecule has 1 unspecified atom stereocenters. The zero-order valence-electron chi connectivity index (χ0n) is 25.1. The Bertz CT molecular complexity index is 1450. The molecule has 226 valence electrons. The van der Waals surface area contributed by atoms with Crippen LogP contribution >= 0.6 is 11.6 Å². The molecule has 0 saturated carbocycles. The van der Waals surface area contributed by atoms with Crippen LogP contribution in [0.4, 0.5) is 5.69 Å². The predicted octanol–water partition coefficient (Wildman–Crippen LogP) is 6.18. The van der Waals surface area contributed by atoms with Gasteiger partial charge in [-0.25, -0.2) is 8.42 Å². The normalized spacial score (nSPS) is 16.0. The average molecular weight is 614 g/mol. The standard InChI is InChI=1S/C30H34ClN3O5S.C2H6/c1-6-23(16-19-27(31)21(2)3)39-24-14-17-25(18-15-24)40(37,38)34-20-10-13-26(28(34)29(35)32-4)30(36)33(5)22-11-8-7-9-12-22;1-2/h7-9,11-19,28H,2,6,10,20H2,1,3-5H3,(H,32,35);1-2H3/b23-16+,27-19+;. The van der Waals surface area contributed by atoms with Gasteiger partial charge in [0.2, 0.25) is 15.9 Å². The molecule has 2 aromatic rings. The number of hydrogen-bond acceptors (Lipinski definition) is 5. The third kappa shape index (κ3) is 8.44. The Morgan fingerprint density at radius 1 is 1.12 bits per heavy atom. The number of likely N-dealkylation sites (N-methyl/N-ethyl adjacent to an activating group) is 2. The molecular weight excluding hydrogens is 574 g/mol. The molecule has 0 saturated heterocycles. The lowest BCUT2D eigenvalue weighted by atomic mass is 9.99. The highest BCUT2D eigenvalue weighted by Gasteiger charge is 2.42. The molecule has 2 amide bonds. The van der Waals surface area contributed by atoms with Crippen molar-refractivity contribution in [2.24, 2.45) is 0 Å².